The third-order valence-electron chi connectivity index (χ3n) is 2.52. The van der Waals surface area contributed by atoms with E-state index in [2.05, 4.69) is 22.5 Å². The molecule has 0 spiro atoms. The van der Waals surface area contributed by atoms with Crippen LogP contribution in [0.2, 0.25) is 0 Å². The van der Waals surface area contributed by atoms with Gasteiger partial charge >= 0.3 is 12.0 Å². The number of imide groups is 1. The SMILES string of the molecule is C=CCNC(=O)NC(=O)CNC(C)(CCC)C(=O)O. The van der Waals surface area contributed by atoms with Gasteiger partial charge in [-0.3, -0.25) is 20.2 Å². The summed E-state index contributed by atoms with van der Waals surface area (Å²) in [7, 11) is 0. The highest BCUT2D eigenvalue weighted by Gasteiger charge is 2.32. The van der Waals surface area contributed by atoms with Crippen LogP contribution >= 0.6 is 0 Å². The number of amides is 3. The zero-order valence-corrected chi connectivity index (χ0v) is 11.3. The predicted octanol–water partition coefficient (Wildman–Crippen LogP) is 0.231. The van der Waals surface area contributed by atoms with Gasteiger partial charge in [0, 0.05) is 6.54 Å². The lowest BCUT2D eigenvalue weighted by molar-refractivity contribution is -0.144. The van der Waals surface area contributed by atoms with Crippen LogP contribution in [0.15, 0.2) is 12.7 Å². The number of carbonyl (C=O) groups is 3. The summed E-state index contributed by atoms with van der Waals surface area (Å²) in [4.78, 5) is 33.7. The second kappa shape index (κ2) is 8.25. The number of hydrogen-bond acceptors (Lipinski definition) is 4. The van der Waals surface area contributed by atoms with Crippen LogP contribution in [0.25, 0.3) is 0 Å². The van der Waals surface area contributed by atoms with E-state index in [0.29, 0.717) is 12.8 Å². The number of nitrogens with one attached hydrogen (secondary N) is 3. The van der Waals surface area contributed by atoms with Gasteiger partial charge in [-0.05, 0) is 13.3 Å². The van der Waals surface area contributed by atoms with Gasteiger partial charge in [-0.2, -0.15) is 0 Å². The highest BCUT2D eigenvalue weighted by molar-refractivity contribution is 5.95. The first-order chi connectivity index (χ1) is 8.85. The molecule has 0 saturated heterocycles. The molecule has 0 aliphatic rings. The van der Waals surface area contributed by atoms with E-state index in [9.17, 15) is 14.4 Å². The third-order valence-corrected chi connectivity index (χ3v) is 2.52. The van der Waals surface area contributed by atoms with Crippen LogP contribution in [-0.4, -0.2) is 41.6 Å². The molecule has 0 aromatic heterocycles. The maximum atomic E-state index is 11.4. The molecule has 0 heterocycles. The van der Waals surface area contributed by atoms with Crippen molar-refractivity contribution < 1.29 is 19.5 Å². The zero-order valence-electron chi connectivity index (χ0n) is 11.3. The minimum Gasteiger partial charge on any atom is -0.480 e. The Balaban J connectivity index is 4.23. The number of rotatable bonds is 8. The summed E-state index contributed by atoms with van der Waals surface area (Å²) in [5, 5.41) is 16.2. The molecule has 108 valence electrons. The number of hydrogen-bond donors (Lipinski definition) is 4. The first-order valence-electron chi connectivity index (χ1n) is 6.02. The van der Waals surface area contributed by atoms with Gasteiger partial charge < -0.3 is 10.4 Å². The first kappa shape index (κ1) is 17.1. The average molecular weight is 271 g/mol. The Morgan fingerprint density at radius 3 is 2.47 bits per heavy atom. The van der Waals surface area contributed by atoms with Crippen molar-refractivity contribution in [3.8, 4) is 0 Å². The number of carboxylic acid groups (broad SMARTS) is 1. The van der Waals surface area contributed by atoms with Crippen LogP contribution in [0.1, 0.15) is 26.7 Å². The van der Waals surface area contributed by atoms with Gasteiger partial charge in [0.25, 0.3) is 0 Å². The largest absolute Gasteiger partial charge is 0.480 e. The molecule has 0 aromatic carbocycles. The smallest absolute Gasteiger partial charge is 0.323 e. The normalized spacial score (nSPS) is 13.2. The van der Waals surface area contributed by atoms with Crippen LogP contribution < -0.4 is 16.0 Å². The molecular weight excluding hydrogens is 250 g/mol. The Kier molecular flexibility index (Phi) is 7.43. The number of carbonyl (C=O) groups excluding carboxylic acids is 2. The molecule has 19 heavy (non-hydrogen) atoms. The molecule has 0 aliphatic carbocycles. The Morgan fingerprint density at radius 2 is 2.00 bits per heavy atom. The Morgan fingerprint density at radius 1 is 1.37 bits per heavy atom. The molecule has 0 aliphatic heterocycles. The maximum absolute atomic E-state index is 11.4. The van der Waals surface area contributed by atoms with E-state index < -0.39 is 23.4 Å². The molecule has 0 fully saturated rings. The molecule has 0 rings (SSSR count). The van der Waals surface area contributed by atoms with Gasteiger partial charge in [0.1, 0.15) is 5.54 Å². The monoisotopic (exact) mass is 271 g/mol. The first-order valence-corrected chi connectivity index (χ1v) is 6.02. The van der Waals surface area contributed by atoms with Crippen LogP contribution in [0.5, 0.6) is 0 Å². The fourth-order valence-corrected chi connectivity index (χ4v) is 1.43. The van der Waals surface area contributed by atoms with E-state index in [-0.39, 0.29) is 13.1 Å². The van der Waals surface area contributed by atoms with Crippen LogP contribution in [0, 0.1) is 0 Å². The van der Waals surface area contributed by atoms with Crippen molar-refractivity contribution in [3.63, 3.8) is 0 Å². The quantitative estimate of drug-likeness (QED) is 0.473. The van der Waals surface area contributed by atoms with Crippen molar-refractivity contribution in [1.29, 1.82) is 0 Å². The van der Waals surface area contributed by atoms with Crippen molar-refractivity contribution in [3.05, 3.63) is 12.7 Å². The van der Waals surface area contributed by atoms with E-state index in [1.54, 1.807) is 0 Å². The van der Waals surface area contributed by atoms with Gasteiger partial charge in [0.15, 0.2) is 0 Å². The summed E-state index contributed by atoms with van der Waals surface area (Å²) in [5.74, 6) is -1.62. The molecule has 7 heteroatoms. The third kappa shape index (κ3) is 6.56. The van der Waals surface area contributed by atoms with Crippen molar-refractivity contribution in [2.45, 2.75) is 32.2 Å². The van der Waals surface area contributed by atoms with Crippen LogP contribution in [-0.2, 0) is 9.59 Å². The molecule has 4 N–H and O–H groups in total. The van der Waals surface area contributed by atoms with Gasteiger partial charge in [0.2, 0.25) is 5.91 Å². The fraction of sp³-hybridized carbons (Fsp3) is 0.583. The summed E-state index contributed by atoms with van der Waals surface area (Å²) in [6.45, 7) is 6.77. The number of urea groups is 1. The van der Waals surface area contributed by atoms with E-state index in [4.69, 9.17) is 5.11 Å². The van der Waals surface area contributed by atoms with Crippen molar-refractivity contribution in [2.75, 3.05) is 13.1 Å². The molecule has 3 amide bonds. The molecule has 1 unspecified atom stereocenters. The molecule has 0 bridgehead atoms. The van der Waals surface area contributed by atoms with Crippen LogP contribution in [0.4, 0.5) is 4.79 Å². The summed E-state index contributed by atoms with van der Waals surface area (Å²) in [6.07, 6.45) is 2.53. The summed E-state index contributed by atoms with van der Waals surface area (Å²) in [5.41, 5.74) is -1.18. The zero-order chi connectivity index (χ0) is 14.9. The molecule has 1 atom stereocenters. The lowest BCUT2D eigenvalue weighted by Gasteiger charge is -2.25. The Hall–Kier alpha value is -1.89. The molecular formula is C12H21N3O4. The maximum Gasteiger partial charge on any atom is 0.323 e. The summed E-state index contributed by atoms with van der Waals surface area (Å²) < 4.78 is 0. The lowest BCUT2D eigenvalue weighted by atomic mass is 9.96. The minimum atomic E-state index is -1.18. The molecule has 7 nitrogen and oxygen atoms in total. The molecule has 0 radical (unpaired) electrons. The molecule has 0 saturated carbocycles. The van der Waals surface area contributed by atoms with Crippen LogP contribution in [0.3, 0.4) is 0 Å². The number of carboxylic acids is 1. The summed E-state index contributed by atoms with van der Waals surface area (Å²) in [6, 6.07) is -0.640. The van der Waals surface area contributed by atoms with Gasteiger partial charge in [-0.25, -0.2) is 4.79 Å². The van der Waals surface area contributed by atoms with E-state index >= 15 is 0 Å². The van der Waals surface area contributed by atoms with Crippen molar-refractivity contribution in [2.24, 2.45) is 0 Å². The number of aliphatic carboxylic acids is 1. The average Bonchev–Trinajstić information content (AvgIpc) is 2.34. The summed E-state index contributed by atoms with van der Waals surface area (Å²) >= 11 is 0. The van der Waals surface area contributed by atoms with E-state index in [1.165, 1.54) is 13.0 Å². The topological polar surface area (TPSA) is 108 Å². The van der Waals surface area contributed by atoms with Gasteiger partial charge in [-0.15, -0.1) is 6.58 Å². The second-order valence-electron chi connectivity index (χ2n) is 4.29. The van der Waals surface area contributed by atoms with Gasteiger partial charge in [0.05, 0.1) is 6.54 Å². The van der Waals surface area contributed by atoms with Crippen molar-refractivity contribution in [1.82, 2.24) is 16.0 Å². The Labute approximate surface area is 112 Å². The van der Waals surface area contributed by atoms with Gasteiger partial charge in [-0.1, -0.05) is 19.4 Å². The second-order valence-corrected chi connectivity index (χ2v) is 4.29. The Bertz CT molecular complexity index is 357. The standard InChI is InChI=1S/C12H21N3O4/c1-4-6-12(3,10(17)18)14-8-9(16)15-11(19)13-7-5-2/h5,14H,2,4,6-8H2,1,3H3,(H,17,18)(H2,13,15,16,19). The minimum absolute atomic E-state index is 0.245. The lowest BCUT2D eigenvalue weighted by Crippen LogP contribution is -2.53. The van der Waals surface area contributed by atoms with E-state index in [0.717, 1.165) is 0 Å². The van der Waals surface area contributed by atoms with E-state index in [1.807, 2.05) is 6.92 Å². The fourth-order valence-electron chi connectivity index (χ4n) is 1.43. The molecule has 0 aromatic rings. The van der Waals surface area contributed by atoms with Crippen molar-refractivity contribution >= 4 is 17.9 Å². The predicted molar refractivity (Wildman–Crippen MR) is 70.7 cm³/mol. The highest BCUT2D eigenvalue weighted by Crippen LogP contribution is 2.11. The highest BCUT2D eigenvalue weighted by atomic mass is 16.4.